The Labute approximate surface area is 149 Å². The van der Waals surface area contributed by atoms with E-state index in [4.69, 9.17) is 27.9 Å². The first-order valence-corrected chi connectivity index (χ1v) is 7.73. The van der Waals surface area contributed by atoms with E-state index in [0.29, 0.717) is 10.7 Å². The van der Waals surface area contributed by atoms with Gasteiger partial charge in [-0.1, -0.05) is 39.1 Å². The predicted octanol–water partition coefficient (Wildman–Crippen LogP) is 4.68. The van der Waals surface area contributed by atoms with Crippen LogP contribution in [0.4, 0.5) is 11.4 Å². The molecule has 0 spiro atoms. The minimum absolute atomic E-state index is 0.0450. The standard InChI is InChI=1S/C14H9BrCl2N2O4/c15-8-1-3-11(10(17)5-8)18-14(20)7-23-13-4-2-9(16)6-12(13)19(21)22/h1-6H,7H2,(H,18,20). The van der Waals surface area contributed by atoms with Gasteiger partial charge < -0.3 is 10.1 Å². The molecule has 0 fully saturated rings. The second kappa shape index (κ2) is 7.63. The lowest BCUT2D eigenvalue weighted by Gasteiger charge is -2.09. The maximum atomic E-state index is 11.9. The van der Waals surface area contributed by atoms with Crippen molar-refractivity contribution in [2.24, 2.45) is 0 Å². The van der Waals surface area contributed by atoms with Crippen molar-refractivity contribution in [1.29, 1.82) is 0 Å². The number of nitrogens with one attached hydrogen (secondary N) is 1. The van der Waals surface area contributed by atoms with Gasteiger partial charge in [0, 0.05) is 15.6 Å². The normalized spacial score (nSPS) is 10.2. The molecule has 0 atom stereocenters. The van der Waals surface area contributed by atoms with Crippen LogP contribution in [0.1, 0.15) is 0 Å². The van der Waals surface area contributed by atoms with Crippen LogP contribution in [0.15, 0.2) is 40.9 Å². The molecule has 0 aliphatic rings. The number of halogens is 3. The highest BCUT2D eigenvalue weighted by atomic mass is 79.9. The number of nitrogens with zero attached hydrogens (tertiary/aromatic N) is 1. The fraction of sp³-hybridized carbons (Fsp3) is 0.0714. The Hall–Kier alpha value is -1.83. The van der Waals surface area contributed by atoms with Crippen LogP contribution in [0, 0.1) is 10.1 Å². The van der Waals surface area contributed by atoms with Gasteiger partial charge >= 0.3 is 5.69 Å². The number of carbonyl (C=O) groups is 1. The third-order valence-electron chi connectivity index (χ3n) is 2.68. The molecule has 0 heterocycles. The molecule has 6 nitrogen and oxygen atoms in total. The fourth-order valence-corrected chi connectivity index (χ4v) is 2.56. The van der Waals surface area contributed by atoms with E-state index in [0.717, 1.165) is 10.5 Å². The fourth-order valence-electron chi connectivity index (χ4n) is 1.68. The largest absolute Gasteiger partial charge is 0.477 e. The lowest BCUT2D eigenvalue weighted by Crippen LogP contribution is -2.20. The van der Waals surface area contributed by atoms with Gasteiger partial charge in [0.05, 0.1) is 15.6 Å². The predicted molar refractivity (Wildman–Crippen MR) is 91.4 cm³/mol. The van der Waals surface area contributed by atoms with Crippen molar-refractivity contribution in [2.45, 2.75) is 0 Å². The zero-order chi connectivity index (χ0) is 17.0. The van der Waals surface area contributed by atoms with Gasteiger partial charge in [-0.15, -0.1) is 0 Å². The number of amides is 1. The van der Waals surface area contributed by atoms with Gasteiger partial charge in [-0.3, -0.25) is 14.9 Å². The summed E-state index contributed by atoms with van der Waals surface area (Å²) in [6.45, 7) is -0.408. The second-order valence-corrected chi connectivity index (χ2v) is 6.09. The number of carbonyl (C=O) groups excluding carboxylic acids is 1. The van der Waals surface area contributed by atoms with Crippen LogP contribution in [0.25, 0.3) is 0 Å². The number of nitro benzene ring substituents is 1. The Morgan fingerprint density at radius 3 is 2.65 bits per heavy atom. The third kappa shape index (κ3) is 4.82. The molecule has 1 N–H and O–H groups in total. The minimum Gasteiger partial charge on any atom is -0.477 e. The Balaban J connectivity index is 2.03. The number of hydrogen-bond acceptors (Lipinski definition) is 4. The molecule has 0 aliphatic carbocycles. The van der Waals surface area contributed by atoms with Crippen LogP contribution in [-0.4, -0.2) is 17.4 Å². The van der Waals surface area contributed by atoms with Gasteiger partial charge in [0.2, 0.25) is 0 Å². The van der Waals surface area contributed by atoms with Crippen molar-refractivity contribution in [3.05, 3.63) is 61.0 Å². The molecule has 0 aromatic heterocycles. The number of anilines is 1. The molecule has 0 saturated heterocycles. The highest BCUT2D eigenvalue weighted by Crippen LogP contribution is 2.30. The maximum Gasteiger partial charge on any atom is 0.312 e. The van der Waals surface area contributed by atoms with E-state index in [1.807, 2.05) is 0 Å². The first-order chi connectivity index (χ1) is 10.9. The average molecular weight is 420 g/mol. The van der Waals surface area contributed by atoms with Crippen LogP contribution < -0.4 is 10.1 Å². The molecule has 2 aromatic carbocycles. The van der Waals surface area contributed by atoms with Crippen LogP contribution >= 0.6 is 39.1 Å². The molecule has 2 aromatic rings. The molecule has 0 bridgehead atoms. The molecule has 0 aliphatic heterocycles. The minimum atomic E-state index is -0.634. The van der Waals surface area contributed by atoms with Crippen LogP contribution in [-0.2, 0) is 4.79 Å². The lowest BCUT2D eigenvalue weighted by molar-refractivity contribution is -0.385. The number of rotatable bonds is 5. The highest BCUT2D eigenvalue weighted by molar-refractivity contribution is 9.10. The first-order valence-electron chi connectivity index (χ1n) is 6.18. The van der Waals surface area contributed by atoms with Crippen molar-refractivity contribution in [1.82, 2.24) is 0 Å². The lowest BCUT2D eigenvalue weighted by atomic mass is 10.3. The summed E-state index contributed by atoms with van der Waals surface area (Å²) in [6.07, 6.45) is 0. The summed E-state index contributed by atoms with van der Waals surface area (Å²) in [5.74, 6) is -0.546. The van der Waals surface area contributed by atoms with Crippen molar-refractivity contribution in [3.8, 4) is 5.75 Å². The van der Waals surface area contributed by atoms with Gasteiger partial charge in [-0.05, 0) is 30.3 Å². The molecule has 0 radical (unpaired) electrons. The van der Waals surface area contributed by atoms with Crippen molar-refractivity contribution in [2.75, 3.05) is 11.9 Å². The van der Waals surface area contributed by atoms with Crippen LogP contribution in [0.3, 0.4) is 0 Å². The average Bonchev–Trinajstić information content (AvgIpc) is 2.48. The van der Waals surface area contributed by atoms with Gasteiger partial charge in [-0.2, -0.15) is 0 Å². The van der Waals surface area contributed by atoms with Gasteiger partial charge in [0.25, 0.3) is 5.91 Å². The molecule has 0 unspecified atom stereocenters. The third-order valence-corrected chi connectivity index (χ3v) is 3.72. The van der Waals surface area contributed by atoms with E-state index in [9.17, 15) is 14.9 Å². The second-order valence-electron chi connectivity index (χ2n) is 4.33. The monoisotopic (exact) mass is 418 g/mol. The summed E-state index contributed by atoms with van der Waals surface area (Å²) in [6, 6.07) is 8.89. The highest BCUT2D eigenvalue weighted by Gasteiger charge is 2.17. The molecule has 1 amide bonds. The van der Waals surface area contributed by atoms with Crippen LogP contribution in [0.2, 0.25) is 10.0 Å². The van der Waals surface area contributed by atoms with Crippen molar-refractivity contribution < 1.29 is 14.5 Å². The zero-order valence-electron chi connectivity index (χ0n) is 11.4. The van der Waals surface area contributed by atoms with Crippen molar-refractivity contribution in [3.63, 3.8) is 0 Å². The van der Waals surface area contributed by atoms with E-state index in [1.165, 1.54) is 12.1 Å². The first kappa shape index (κ1) is 17.5. The van der Waals surface area contributed by atoms with E-state index in [-0.39, 0.29) is 16.5 Å². The molecular weight excluding hydrogens is 411 g/mol. The number of benzene rings is 2. The smallest absolute Gasteiger partial charge is 0.312 e. The summed E-state index contributed by atoms with van der Waals surface area (Å²) >= 11 is 14.9. The Bertz CT molecular complexity index is 770. The SMILES string of the molecule is O=C(COc1ccc(Cl)cc1[N+](=O)[O-])Nc1ccc(Br)cc1Cl. The molecule has 23 heavy (non-hydrogen) atoms. The Morgan fingerprint density at radius 1 is 1.26 bits per heavy atom. The van der Waals surface area contributed by atoms with Gasteiger partial charge in [-0.25, -0.2) is 0 Å². The molecule has 2 rings (SSSR count). The Kier molecular flexibility index (Phi) is 5.81. The van der Waals surface area contributed by atoms with Crippen molar-refractivity contribution >= 4 is 56.4 Å². The van der Waals surface area contributed by atoms with Gasteiger partial charge in [0.1, 0.15) is 0 Å². The number of hydrogen-bond donors (Lipinski definition) is 1. The van der Waals surface area contributed by atoms with E-state index in [1.54, 1.807) is 18.2 Å². The summed E-state index contributed by atoms with van der Waals surface area (Å²) < 4.78 is 5.96. The zero-order valence-corrected chi connectivity index (χ0v) is 14.5. The van der Waals surface area contributed by atoms with E-state index < -0.39 is 17.4 Å². The topological polar surface area (TPSA) is 81.5 Å². The Morgan fingerprint density at radius 2 is 2.00 bits per heavy atom. The molecular formula is C14H9BrCl2N2O4. The summed E-state index contributed by atoms with van der Waals surface area (Å²) in [7, 11) is 0. The van der Waals surface area contributed by atoms with Crippen LogP contribution in [0.5, 0.6) is 5.75 Å². The molecule has 9 heteroatoms. The van der Waals surface area contributed by atoms with E-state index in [2.05, 4.69) is 21.2 Å². The quantitative estimate of drug-likeness (QED) is 0.563. The summed E-state index contributed by atoms with van der Waals surface area (Å²) in [4.78, 5) is 22.2. The molecule has 120 valence electrons. The summed E-state index contributed by atoms with van der Waals surface area (Å²) in [5, 5.41) is 14.0. The summed E-state index contributed by atoms with van der Waals surface area (Å²) in [5.41, 5.74) is 0.0982. The number of nitro groups is 1. The maximum absolute atomic E-state index is 11.9. The van der Waals surface area contributed by atoms with Gasteiger partial charge in [0.15, 0.2) is 12.4 Å². The number of ether oxygens (including phenoxy) is 1. The molecule has 0 saturated carbocycles. The van der Waals surface area contributed by atoms with E-state index >= 15 is 0 Å².